The van der Waals surface area contributed by atoms with Crippen LogP contribution in [0.5, 0.6) is 0 Å². The Hall–Kier alpha value is -2.34. The standard InChI is InChI=1S/C22H30N4OS/c1-2-23-22(24-15-20-10-13-28-17-20)25-16-21(27)26-11-8-19(9-12-26)14-18-6-4-3-5-7-18/h3-7,10,13,17,19H,2,8-9,11-12,14-16H2,1H3,(H2,23,24,25). The summed E-state index contributed by atoms with van der Waals surface area (Å²) in [6.07, 6.45) is 3.26. The Morgan fingerprint density at radius 2 is 1.93 bits per heavy atom. The number of rotatable bonds is 7. The molecule has 0 radical (unpaired) electrons. The van der Waals surface area contributed by atoms with Gasteiger partial charge >= 0.3 is 0 Å². The van der Waals surface area contributed by atoms with E-state index in [1.807, 2.05) is 11.8 Å². The average molecular weight is 399 g/mol. The van der Waals surface area contributed by atoms with Crippen LogP contribution >= 0.6 is 11.3 Å². The van der Waals surface area contributed by atoms with E-state index in [0.29, 0.717) is 25.0 Å². The van der Waals surface area contributed by atoms with Gasteiger partial charge in [0.05, 0.1) is 13.1 Å². The molecule has 1 fully saturated rings. The number of guanidine groups is 1. The zero-order chi connectivity index (χ0) is 19.6. The number of nitrogens with one attached hydrogen (secondary N) is 2. The third kappa shape index (κ3) is 6.37. The van der Waals surface area contributed by atoms with Crippen molar-refractivity contribution < 1.29 is 4.79 Å². The molecular formula is C22H30N4OS. The second kappa shape index (κ2) is 10.9. The SMILES string of the molecule is CCNC(=NCc1ccsc1)NCC(=O)N1CCC(Cc2ccccc2)CC1. The molecule has 0 bridgehead atoms. The van der Waals surface area contributed by atoms with E-state index < -0.39 is 0 Å². The number of piperidine rings is 1. The van der Waals surface area contributed by atoms with Gasteiger partial charge in [-0.2, -0.15) is 11.3 Å². The third-order valence-electron chi connectivity index (χ3n) is 5.09. The molecule has 5 nitrogen and oxygen atoms in total. The molecule has 1 saturated heterocycles. The lowest BCUT2D eigenvalue weighted by Gasteiger charge is -2.32. The van der Waals surface area contributed by atoms with Crippen LogP contribution in [0.3, 0.4) is 0 Å². The lowest BCUT2D eigenvalue weighted by Crippen LogP contribution is -2.47. The molecule has 6 heteroatoms. The Labute approximate surface area is 171 Å². The minimum Gasteiger partial charge on any atom is -0.357 e. The normalized spacial score (nSPS) is 15.5. The first kappa shape index (κ1) is 20.4. The van der Waals surface area contributed by atoms with E-state index >= 15 is 0 Å². The van der Waals surface area contributed by atoms with Gasteiger partial charge in [0.15, 0.2) is 5.96 Å². The Morgan fingerprint density at radius 3 is 2.61 bits per heavy atom. The van der Waals surface area contributed by atoms with Crippen molar-refractivity contribution in [2.24, 2.45) is 10.9 Å². The van der Waals surface area contributed by atoms with Gasteiger partial charge in [-0.15, -0.1) is 0 Å². The molecule has 150 valence electrons. The molecule has 1 aromatic heterocycles. The zero-order valence-electron chi connectivity index (χ0n) is 16.6. The van der Waals surface area contributed by atoms with E-state index in [9.17, 15) is 4.79 Å². The van der Waals surface area contributed by atoms with Crippen LogP contribution in [0.25, 0.3) is 0 Å². The number of aliphatic imine (C=N–C) groups is 1. The number of nitrogens with zero attached hydrogens (tertiary/aromatic N) is 2. The molecule has 1 aromatic carbocycles. The van der Waals surface area contributed by atoms with E-state index in [1.165, 1.54) is 11.1 Å². The second-order valence-electron chi connectivity index (χ2n) is 7.19. The Bertz CT molecular complexity index is 737. The first-order valence-corrected chi connectivity index (χ1v) is 11.0. The number of carbonyl (C=O) groups is 1. The lowest BCUT2D eigenvalue weighted by atomic mass is 9.90. The largest absolute Gasteiger partial charge is 0.357 e. The summed E-state index contributed by atoms with van der Waals surface area (Å²) in [4.78, 5) is 19.1. The summed E-state index contributed by atoms with van der Waals surface area (Å²) in [5.41, 5.74) is 2.58. The third-order valence-corrected chi connectivity index (χ3v) is 5.82. The van der Waals surface area contributed by atoms with Crippen LogP contribution in [0.2, 0.25) is 0 Å². The summed E-state index contributed by atoms with van der Waals surface area (Å²) in [6.45, 7) is 5.41. The highest BCUT2D eigenvalue weighted by Crippen LogP contribution is 2.21. The fourth-order valence-electron chi connectivity index (χ4n) is 3.50. The molecule has 0 spiro atoms. The average Bonchev–Trinajstić information content (AvgIpc) is 3.25. The summed E-state index contributed by atoms with van der Waals surface area (Å²) in [5.74, 6) is 1.52. The molecule has 0 saturated carbocycles. The number of benzene rings is 1. The van der Waals surface area contributed by atoms with Crippen LogP contribution in [0.15, 0.2) is 52.2 Å². The number of hydrogen-bond donors (Lipinski definition) is 2. The van der Waals surface area contributed by atoms with Crippen LogP contribution in [0, 0.1) is 5.92 Å². The minimum absolute atomic E-state index is 0.152. The van der Waals surface area contributed by atoms with Crippen molar-refractivity contribution in [1.29, 1.82) is 0 Å². The molecular weight excluding hydrogens is 368 g/mol. The van der Waals surface area contributed by atoms with Gasteiger partial charge in [-0.05, 0) is 60.1 Å². The molecule has 1 aliphatic rings. The van der Waals surface area contributed by atoms with Crippen LogP contribution in [0.4, 0.5) is 0 Å². The van der Waals surface area contributed by atoms with E-state index in [0.717, 1.165) is 38.9 Å². The van der Waals surface area contributed by atoms with Crippen molar-refractivity contribution in [3.05, 3.63) is 58.3 Å². The van der Waals surface area contributed by atoms with E-state index in [1.54, 1.807) is 11.3 Å². The quantitative estimate of drug-likeness (QED) is 0.556. The van der Waals surface area contributed by atoms with Gasteiger partial charge in [-0.3, -0.25) is 4.79 Å². The first-order valence-electron chi connectivity index (χ1n) is 10.1. The van der Waals surface area contributed by atoms with Crippen LogP contribution in [-0.2, 0) is 17.8 Å². The van der Waals surface area contributed by atoms with Crippen molar-refractivity contribution in [3.63, 3.8) is 0 Å². The maximum absolute atomic E-state index is 12.6. The number of amides is 1. The molecule has 28 heavy (non-hydrogen) atoms. The van der Waals surface area contributed by atoms with Crippen molar-refractivity contribution in [1.82, 2.24) is 15.5 Å². The summed E-state index contributed by atoms with van der Waals surface area (Å²) >= 11 is 1.67. The zero-order valence-corrected chi connectivity index (χ0v) is 17.4. The summed E-state index contributed by atoms with van der Waals surface area (Å²) in [7, 11) is 0. The molecule has 3 rings (SSSR count). The maximum atomic E-state index is 12.6. The van der Waals surface area contributed by atoms with Crippen molar-refractivity contribution in [3.8, 4) is 0 Å². The molecule has 0 atom stereocenters. The van der Waals surface area contributed by atoms with E-state index in [4.69, 9.17) is 0 Å². The van der Waals surface area contributed by atoms with Gasteiger partial charge in [0.25, 0.3) is 0 Å². The minimum atomic E-state index is 0.152. The smallest absolute Gasteiger partial charge is 0.241 e. The lowest BCUT2D eigenvalue weighted by molar-refractivity contribution is -0.131. The second-order valence-corrected chi connectivity index (χ2v) is 7.97. The van der Waals surface area contributed by atoms with Gasteiger partial charge in [0.2, 0.25) is 5.91 Å². The van der Waals surface area contributed by atoms with Gasteiger partial charge in [0, 0.05) is 19.6 Å². The molecule has 0 aliphatic carbocycles. The first-order chi connectivity index (χ1) is 13.7. The maximum Gasteiger partial charge on any atom is 0.241 e. The highest BCUT2D eigenvalue weighted by Gasteiger charge is 2.22. The van der Waals surface area contributed by atoms with E-state index in [2.05, 4.69) is 62.8 Å². The monoisotopic (exact) mass is 398 g/mol. The van der Waals surface area contributed by atoms with Crippen LogP contribution < -0.4 is 10.6 Å². The molecule has 2 N–H and O–H groups in total. The van der Waals surface area contributed by atoms with E-state index in [-0.39, 0.29) is 5.91 Å². The van der Waals surface area contributed by atoms with Crippen LogP contribution in [-0.4, -0.2) is 42.9 Å². The van der Waals surface area contributed by atoms with Crippen LogP contribution in [0.1, 0.15) is 30.9 Å². The van der Waals surface area contributed by atoms with Crippen molar-refractivity contribution in [2.75, 3.05) is 26.2 Å². The van der Waals surface area contributed by atoms with Crippen molar-refractivity contribution in [2.45, 2.75) is 32.7 Å². The molecule has 1 amide bonds. The summed E-state index contributed by atoms with van der Waals surface area (Å²) in [5, 5.41) is 10.5. The number of likely N-dealkylation sites (tertiary alicyclic amines) is 1. The number of carbonyl (C=O) groups excluding carboxylic acids is 1. The Kier molecular flexibility index (Phi) is 7.91. The topological polar surface area (TPSA) is 56.7 Å². The predicted octanol–water partition coefficient (Wildman–Crippen LogP) is 3.28. The fraction of sp³-hybridized carbons (Fsp3) is 0.455. The predicted molar refractivity (Wildman–Crippen MR) is 117 cm³/mol. The summed E-state index contributed by atoms with van der Waals surface area (Å²) in [6, 6.07) is 12.7. The number of hydrogen-bond acceptors (Lipinski definition) is 3. The van der Waals surface area contributed by atoms with Gasteiger partial charge < -0.3 is 15.5 Å². The summed E-state index contributed by atoms with van der Waals surface area (Å²) < 4.78 is 0. The Morgan fingerprint density at radius 1 is 1.14 bits per heavy atom. The van der Waals surface area contributed by atoms with Gasteiger partial charge in [0.1, 0.15) is 0 Å². The Balaban J connectivity index is 1.42. The number of thiophene rings is 1. The highest BCUT2D eigenvalue weighted by molar-refractivity contribution is 7.07. The molecule has 1 aliphatic heterocycles. The fourth-order valence-corrected chi connectivity index (χ4v) is 4.16. The van der Waals surface area contributed by atoms with Gasteiger partial charge in [-0.25, -0.2) is 4.99 Å². The van der Waals surface area contributed by atoms with Crippen molar-refractivity contribution >= 4 is 23.2 Å². The highest BCUT2D eigenvalue weighted by atomic mass is 32.1. The molecule has 0 unspecified atom stereocenters. The molecule has 2 aromatic rings. The molecule has 2 heterocycles. The van der Waals surface area contributed by atoms with Gasteiger partial charge in [-0.1, -0.05) is 30.3 Å².